The molecule has 0 heterocycles. The summed E-state index contributed by atoms with van der Waals surface area (Å²) in [6.45, 7) is 8.21. The first-order valence-corrected chi connectivity index (χ1v) is 10.4. The van der Waals surface area contributed by atoms with Crippen LogP contribution in [0.5, 0.6) is 0 Å². The van der Waals surface area contributed by atoms with Crippen molar-refractivity contribution in [1.29, 1.82) is 0 Å². The predicted molar refractivity (Wildman–Crippen MR) is 111 cm³/mol. The number of urea groups is 1. The van der Waals surface area contributed by atoms with Crippen LogP contribution in [0, 0.1) is 11.8 Å². The number of carbonyl (C=O) groups excluding carboxylic acids is 3. The van der Waals surface area contributed by atoms with E-state index in [0.717, 1.165) is 18.4 Å². The van der Waals surface area contributed by atoms with Crippen molar-refractivity contribution >= 4 is 17.9 Å². The zero-order chi connectivity index (χ0) is 21.4. The molecule has 0 aromatic heterocycles. The van der Waals surface area contributed by atoms with Gasteiger partial charge in [0.2, 0.25) is 0 Å². The van der Waals surface area contributed by atoms with Gasteiger partial charge in [-0.15, -0.1) is 0 Å². The van der Waals surface area contributed by atoms with Crippen molar-refractivity contribution in [3.63, 3.8) is 0 Å². The summed E-state index contributed by atoms with van der Waals surface area (Å²) in [5.41, 5.74) is 1.23. The van der Waals surface area contributed by atoms with Crippen LogP contribution in [0.25, 0.3) is 0 Å². The Kier molecular flexibility index (Phi) is 8.49. The number of nitrogens with one attached hydrogen (secondary N) is 3. The Hall–Kier alpha value is -2.57. The maximum atomic E-state index is 12.2. The lowest BCUT2D eigenvalue weighted by Crippen LogP contribution is -2.45. The number of rotatable bonds is 7. The fraction of sp³-hybridized carbons (Fsp3) is 0.591. The highest BCUT2D eigenvalue weighted by Gasteiger charge is 2.28. The molecule has 2 rings (SSSR count). The third kappa shape index (κ3) is 7.40. The van der Waals surface area contributed by atoms with E-state index in [1.807, 2.05) is 13.8 Å². The first-order chi connectivity index (χ1) is 13.8. The second kappa shape index (κ2) is 10.8. The molecule has 1 saturated carbocycles. The van der Waals surface area contributed by atoms with E-state index < -0.39 is 5.97 Å². The molecule has 1 fully saturated rings. The summed E-state index contributed by atoms with van der Waals surface area (Å²) < 4.78 is 5.14. The van der Waals surface area contributed by atoms with Gasteiger partial charge in [0.25, 0.3) is 5.91 Å². The van der Waals surface area contributed by atoms with Crippen LogP contribution in [0.2, 0.25) is 0 Å². The minimum Gasteiger partial charge on any atom is -0.452 e. The van der Waals surface area contributed by atoms with Gasteiger partial charge in [-0.1, -0.05) is 38.8 Å². The summed E-state index contributed by atoms with van der Waals surface area (Å²) >= 11 is 0. The molecule has 7 heteroatoms. The molecule has 7 nitrogen and oxygen atoms in total. The van der Waals surface area contributed by atoms with E-state index in [0.29, 0.717) is 23.9 Å². The lowest BCUT2D eigenvalue weighted by molar-refractivity contribution is -0.125. The van der Waals surface area contributed by atoms with Gasteiger partial charge in [0, 0.05) is 18.6 Å². The molecule has 160 valence electrons. The fourth-order valence-electron chi connectivity index (χ4n) is 3.50. The van der Waals surface area contributed by atoms with E-state index >= 15 is 0 Å². The molecule has 29 heavy (non-hydrogen) atoms. The first-order valence-electron chi connectivity index (χ1n) is 10.4. The Balaban J connectivity index is 1.76. The highest BCUT2D eigenvalue weighted by Crippen LogP contribution is 2.29. The van der Waals surface area contributed by atoms with E-state index in [9.17, 15) is 14.4 Å². The minimum atomic E-state index is -0.540. The van der Waals surface area contributed by atoms with E-state index in [-0.39, 0.29) is 30.6 Å². The second-order valence-electron chi connectivity index (χ2n) is 8.20. The molecule has 0 unspecified atom stereocenters. The zero-order valence-corrected chi connectivity index (χ0v) is 17.8. The summed E-state index contributed by atoms with van der Waals surface area (Å²) in [4.78, 5) is 35.9. The molecule has 0 aliphatic heterocycles. The van der Waals surface area contributed by atoms with Crippen molar-refractivity contribution < 1.29 is 19.1 Å². The number of benzene rings is 1. The molecule has 0 bridgehead atoms. The van der Waals surface area contributed by atoms with Gasteiger partial charge >= 0.3 is 12.0 Å². The molecular formula is C22H33N3O4. The van der Waals surface area contributed by atoms with Gasteiger partial charge in [-0.05, 0) is 49.8 Å². The van der Waals surface area contributed by atoms with Crippen LogP contribution in [0.15, 0.2) is 24.3 Å². The second-order valence-corrected chi connectivity index (χ2v) is 8.20. The fourth-order valence-corrected chi connectivity index (χ4v) is 3.50. The third-order valence-electron chi connectivity index (χ3n) is 5.45. The maximum absolute atomic E-state index is 12.2. The van der Waals surface area contributed by atoms with Crippen molar-refractivity contribution in [2.45, 2.75) is 65.6 Å². The number of carbonyl (C=O) groups is 3. The van der Waals surface area contributed by atoms with E-state index in [2.05, 4.69) is 29.8 Å². The van der Waals surface area contributed by atoms with E-state index in [1.165, 1.54) is 6.42 Å². The Bertz CT molecular complexity index is 703. The average molecular weight is 404 g/mol. The molecule has 0 saturated heterocycles. The number of hydrogen-bond donors (Lipinski definition) is 3. The van der Waals surface area contributed by atoms with Gasteiger partial charge < -0.3 is 20.7 Å². The van der Waals surface area contributed by atoms with Crippen molar-refractivity contribution in [1.82, 2.24) is 16.0 Å². The highest BCUT2D eigenvalue weighted by molar-refractivity contribution is 5.91. The standard InChI is InChI=1S/C22H33N3O4/c1-14(2)24-22(28)23-12-17-8-10-18(11-9-17)21(27)29-13-20(26)25-19-7-5-6-15(3)16(19)4/h8-11,14-16,19H,5-7,12-13H2,1-4H3,(H,25,26)(H2,23,24,28)/t15-,16+,19-/m0/s1. The number of amides is 3. The van der Waals surface area contributed by atoms with Crippen LogP contribution >= 0.6 is 0 Å². The molecule has 1 aliphatic carbocycles. The third-order valence-corrected chi connectivity index (χ3v) is 5.45. The lowest BCUT2D eigenvalue weighted by Gasteiger charge is -2.34. The van der Waals surface area contributed by atoms with Gasteiger partial charge in [0.15, 0.2) is 6.61 Å². The van der Waals surface area contributed by atoms with Crippen molar-refractivity contribution in [3.05, 3.63) is 35.4 Å². The Morgan fingerprint density at radius 3 is 2.45 bits per heavy atom. The molecule has 0 radical (unpaired) electrons. The van der Waals surface area contributed by atoms with Crippen molar-refractivity contribution in [3.8, 4) is 0 Å². The van der Waals surface area contributed by atoms with Crippen LogP contribution in [-0.2, 0) is 16.1 Å². The van der Waals surface area contributed by atoms with E-state index in [4.69, 9.17) is 4.74 Å². The van der Waals surface area contributed by atoms with E-state index in [1.54, 1.807) is 24.3 Å². The maximum Gasteiger partial charge on any atom is 0.338 e. The molecule has 1 aromatic rings. The van der Waals surface area contributed by atoms with Crippen LogP contribution in [-0.4, -0.2) is 36.6 Å². The average Bonchev–Trinajstić information content (AvgIpc) is 2.68. The molecule has 1 aliphatic rings. The van der Waals surface area contributed by atoms with Crippen molar-refractivity contribution in [2.24, 2.45) is 11.8 Å². The molecular weight excluding hydrogens is 370 g/mol. The Morgan fingerprint density at radius 2 is 1.79 bits per heavy atom. The summed E-state index contributed by atoms with van der Waals surface area (Å²) in [6.07, 6.45) is 3.27. The number of ether oxygens (including phenoxy) is 1. The van der Waals surface area contributed by atoms with Gasteiger partial charge in [-0.25, -0.2) is 9.59 Å². The minimum absolute atomic E-state index is 0.0640. The number of esters is 1. The van der Waals surface area contributed by atoms with Crippen molar-refractivity contribution in [2.75, 3.05) is 6.61 Å². The Morgan fingerprint density at radius 1 is 1.10 bits per heavy atom. The van der Waals surface area contributed by atoms with Gasteiger partial charge in [0.05, 0.1) is 5.56 Å². The van der Waals surface area contributed by atoms with Gasteiger partial charge in [-0.2, -0.15) is 0 Å². The summed E-state index contributed by atoms with van der Waals surface area (Å²) in [7, 11) is 0. The SMILES string of the molecule is CC(C)NC(=O)NCc1ccc(C(=O)OCC(=O)N[C@H]2CCC[C@H](C)[C@H]2C)cc1. The Labute approximate surface area is 173 Å². The molecule has 3 atom stereocenters. The van der Waals surface area contributed by atoms with Gasteiger partial charge in [0.1, 0.15) is 0 Å². The molecule has 3 amide bonds. The zero-order valence-electron chi connectivity index (χ0n) is 17.8. The molecule has 3 N–H and O–H groups in total. The quantitative estimate of drug-likeness (QED) is 0.610. The van der Waals surface area contributed by atoms with Crippen LogP contribution in [0.3, 0.4) is 0 Å². The summed E-state index contributed by atoms with van der Waals surface area (Å²) in [6, 6.07) is 6.72. The largest absolute Gasteiger partial charge is 0.452 e. The smallest absolute Gasteiger partial charge is 0.338 e. The predicted octanol–water partition coefficient (Wildman–Crippen LogP) is 2.99. The first kappa shape index (κ1) is 22.7. The van der Waals surface area contributed by atoms with Crippen LogP contribution in [0.1, 0.15) is 62.9 Å². The van der Waals surface area contributed by atoms with Gasteiger partial charge in [-0.3, -0.25) is 4.79 Å². The topological polar surface area (TPSA) is 96.5 Å². The molecule has 0 spiro atoms. The van der Waals surface area contributed by atoms with Crippen LogP contribution < -0.4 is 16.0 Å². The monoisotopic (exact) mass is 403 g/mol. The normalized spacial score (nSPS) is 21.3. The highest BCUT2D eigenvalue weighted by atomic mass is 16.5. The number of hydrogen-bond acceptors (Lipinski definition) is 4. The lowest BCUT2D eigenvalue weighted by atomic mass is 9.78. The molecule has 1 aromatic carbocycles. The van der Waals surface area contributed by atoms with Crippen LogP contribution in [0.4, 0.5) is 4.79 Å². The summed E-state index contributed by atoms with van der Waals surface area (Å²) in [5, 5.41) is 8.48. The summed E-state index contributed by atoms with van der Waals surface area (Å²) in [5.74, 6) is 0.205.